The zero-order valence-corrected chi connectivity index (χ0v) is 45.3. The Labute approximate surface area is 468 Å². The van der Waals surface area contributed by atoms with Crippen molar-refractivity contribution in [3.8, 4) is 22.8 Å². The number of nitrogens with zero attached hydrogens (tertiary/aromatic N) is 11. The van der Waals surface area contributed by atoms with Gasteiger partial charge in [0.1, 0.15) is 11.6 Å². The summed E-state index contributed by atoms with van der Waals surface area (Å²) in [5.41, 5.74) is 9.59. The van der Waals surface area contributed by atoms with Crippen LogP contribution in [0.25, 0.3) is 66.9 Å². The summed E-state index contributed by atoms with van der Waals surface area (Å²) in [5.74, 6) is 0.498. The molecule has 8 aromatic rings. The molecule has 0 spiro atoms. The molecule has 1 aliphatic carbocycles. The molecule has 23 nitrogen and oxygen atoms in total. The second-order valence-electron chi connectivity index (χ2n) is 16.1. The maximum absolute atomic E-state index is 12.0. The van der Waals surface area contributed by atoms with Crippen LogP contribution in [0.15, 0.2) is 133 Å². The molecule has 2 atom stereocenters. The first kappa shape index (κ1) is 61.8. The number of anilines is 4. The first-order valence-electron chi connectivity index (χ1n) is 23.3. The van der Waals surface area contributed by atoms with Crippen LogP contribution in [0.5, 0.6) is 0 Å². The quantitative estimate of drug-likeness (QED) is 0.0487. The molecule has 6 N–H and O–H groups in total. The van der Waals surface area contributed by atoms with E-state index in [-0.39, 0.29) is 83.6 Å². The molecule has 0 saturated heterocycles. The molecule has 1 radical (unpaired) electrons. The smallest absolute Gasteiger partial charge is 0.368 e. The van der Waals surface area contributed by atoms with Gasteiger partial charge < -0.3 is 46.3 Å². The van der Waals surface area contributed by atoms with Crippen LogP contribution in [0.2, 0.25) is 0 Å². The number of aromatic nitrogens is 11. The fraction of sp³-hybridized carbons (Fsp3) is 0.212. The number of hydrogen-bond acceptors (Lipinski definition) is 19. The summed E-state index contributed by atoms with van der Waals surface area (Å²) in [6.45, 7) is 11.4. The van der Waals surface area contributed by atoms with Crippen molar-refractivity contribution in [2.45, 2.75) is 65.0 Å². The Kier molecular flexibility index (Phi) is 20.0. The number of nitrogens with two attached hydrogens (primary N) is 1. The molecule has 2 unspecified atom stereocenters. The van der Waals surface area contributed by atoms with Gasteiger partial charge in [-0.2, -0.15) is 31.8 Å². The maximum atomic E-state index is 12.0. The van der Waals surface area contributed by atoms with Gasteiger partial charge in [0.2, 0.25) is 27.9 Å². The largest absolute Gasteiger partial charge is 2.00 e. The van der Waals surface area contributed by atoms with E-state index in [0.29, 0.717) is 45.9 Å². The van der Waals surface area contributed by atoms with Crippen LogP contribution in [0.1, 0.15) is 71.6 Å². The van der Waals surface area contributed by atoms with Crippen LogP contribution >= 0.6 is 0 Å². The zero-order chi connectivity index (χ0) is 54.5. The van der Waals surface area contributed by atoms with Crippen molar-refractivity contribution in [2.75, 3.05) is 29.7 Å². The number of nitrogens with one attached hydrogen (secondary N) is 3. The summed E-state index contributed by atoms with van der Waals surface area (Å²) in [4.78, 5) is 50.7. The monoisotopic (exact) mass is 1180 g/mol. The molecule has 0 fully saturated rings. The molecule has 4 aromatic carbocycles. The standard InChI is InChI=1S/C32H18N8.C14H19N7O8S3.2C2H6.2CH4.Cu/c1-2-10-18-17(9-1)25-33-26(18)38-28-21-13-5-6-14-22(21)30(35-28)40-32-24-16-8-7-15-23(24)31(36-32)39-29-20-12-4-3-11-19(20)27(34-29)37-25;1-8(21-30(3,22)23)16-13-18-12(15)19-14(20-13)17-11-6-10(32(27,28)29-2)5-4-9(11)7-31(24,25)26;2*1-2;;;/h1-18H;4-6,21H,1,7H2,2-3H3,(H,24,25,26)(H4,15,16,17,18,19,20);2*1-2H3;2*1H4;/q-2;;;;;;+2. The molecule has 417 valence electrons. The van der Waals surface area contributed by atoms with E-state index in [1.807, 2.05) is 113 Å². The maximum Gasteiger partial charge on any atom is 2.00 e. The Morgan fingerprint density at radius 2 is 1.10 bits per heavy atom. The molecule has 4 aromatic heterocycles. The van der Waals surface area contributed by atoms with E-state index in [9.17, 15) is 29.8 Å². The molecule has 27 heteroatoms. The van der Waals surface area contributed by atoms with E-state index in [0.717, 1.165) is 64.2 Å². The second kappa shape index (κ2) is 25.6. The van der Waals surface area contributed by atoms with Crippen molar-refractivity contribution in [2.24, 2.45) is 0 Å². The third kappa shape index (κ3) is 14.0. The summed E-state index contributed by atoms with van der Waals surface area (Å²) >= 11 is 0. The average Bonchev–Trinajstić information content (AvgIpc) is 4.25. The third-order valence-electron chi connectivity index (χ3n) is 11.1. The Hall–Kier alpha value is -8.04. The Bertz CT molecular complexity index is 4000. The average molecular weight is 1180 g/mol. The van der Waals surface area contributed by atoms with Crippen molar-refractivity contribution < 1.29 is 51.1 Å². The molecule has 6 heterocycles. The molecule has 8 bridgehead atoms. The number of hydrogen-bond donors (Lipinski definition) is 5. The van der Waals surface area contributed by atoms with Crippen LogP contribution in [0.3, 0.4) is 0 Å². The fourth-order valence-electron chi connectivity index (χ4n) is 8.03. The molecular weight excluding hydrogens is 1120 g/mol. The minimum atomic E-state index is -4.48. The van der Waals surface area contributed by atoms with E-state index in [2.05, 4.69) is 53.2 Å². The van der Waals surface area contributed by atoms with Crippen molar-refractivity contribution >= 4 is 97.9 Å². The van der Waals surface area contributed by atoms with Gasteiger partial charge in [0, 0.05) is 51.2 Å². The van der Waals surface area contributed by atoms with E-state index in [1.54, 1.807) is 0 Å². The number of allylic oxidation sites excluding steroid dienone is 4. The summed E-state index contributed by atoms with van der Waals surface area (Å²) < 4.78 is 84.8. The number of sulfonamides is 1. The van der Waals surface area contributed by atoms with Gasteiger partial charge in [-0.25, -0.2) is 13.4 Å². The molecule has 79 heavy (non-hydrogen) atoms. The summed E-state index contributed by atoms with van der Waals surface area (Å²) in [7, 11) is -11.3. The summed E-state index contributed by atoms with van der Waals surface area (Å²) in [6, 6.07) is 27.3. The third-order valence-corrected chi connectivity index (χ3v) is 13.6. The number of rotatable bonds is 10. The van der Waals surface area contributed by atoms with E-state index in [1.165, 1.54) is 0 Å². The van der Waals surface area contributed by atoms with Gasteiger partial charge in [-0.15, -0.1) is 0 Å². The first-order chi connectivity index (χ1) is 36.4. The molecule has 2 aliphatic heterocycles. The van der Waals surface area contributed by atoms with Crippen LogP contribution in [-0.4, -0.2) is 88.0 Å². The minimum absolute atomic E-state index is 0. The van der Waals surface area contributed by atoms with E-state index < -0.39 is 36.0 Å². The van der Waals surface area contributed by atoms with E-state index >= 15 is 0 Å². The Balaban J connectivity index is 0.000000271. The topological polar surface area (TPSA) is 338 Å². The predicted molar refractivity (Wildman–Crippen MR) is 304 cm³/mol. The Morgan fingerprint density at radius 1 is 0.646 bits per heavy atom. The summed E-state index contributed by atoms with van der Waals surface area (Å²) in [5, 5.41) is 8.68. The number of fused-ring (bicyclic) bond motifs is 20. The van der Waals surface area contributed by atoms with Crippen molar-refractivity contribution in [3.63, 3.8) is 0 Å². The normalized spacial score (nSPS) is 13.9. The van der Waals surface area contributed by atoms with Crippen LogP contribution in [0.4, 0.5) is 23.5 Å². The van der Waals surface area contributed by atoms with Gasteiger partial charge in [-0.3, -0.25) is 18.4 Å². The minimum Gasteiger partial charge on any atom is -0.368 e. The second-order valence-corrected chi connectivity index (χ2v) is 21.0. The van der Waals surface area contributed by atoms with Gasteiger partial charge in [-0.1, -0.05) is 152 Å². The van der Waals surface area contributed by atoms with Gasteiger partial charge in [0.15, 0.2) is 0 Å². The fourth-order valence-corrected chi connectivity index (χ4v) is 9.86. The zero-order valence-electron chi connectivity index (χ0n) is 41.9. The van der Waals surface area contributed by atoms with Crippen molar-refractivity contribution in [3.05, 3.63) is 145 Å². The van der Waals surface area contributed by atoms with Crippen LogP contribution in [0, 0.1) is 0 Å². The number of nitrogen functional groups attached to an aromatic ring is 1. The number of benzene rings is 4. The van der Waals surface area contributed by atoms with Gasteiger partial charge >= 0.3 is 17.1 Å². The molecular formula is C52H57CuN15O8S3. The SMILES string of the molecule is C.C.C1=CC2c3nc(nc4[n-]c(nc5nc(nc6[n-]c(n3)c3ccccc63)-c3ccccc3-5)c3ccccc43)C2C=C1.C=C(Nc1nc(N)nc(Nc2cc(S(=O)(=O)OC)ccc2CS(=O)(=O)O)n1)NS(C)(=O)=O.CC.CC.[Cu+2]. The van der Waals surface area contributed by atoms with Gasteiger partial charge in [-0.05, 0) is 39.2 Å². The van der Waals surface area contributed by atoms with E-state index in [4.69, 9.17) is 45.6 Å². The molecule has 11 rings (SSSR count). The molecule has 3 aliphatic rings. The van der Waals surface area contributed by atoms with Crippen LogP contribution < -0.4 is 31.1 Å². The van der Waals surface area contributed by atoms with Gasteiger partial charge in [0.25, 0.3) is 20.2 Å². The van der Waals surface area contributed by atoms with Crippen molar-refractivity contribution in [1.29, 1.82) is 0 Å². The summed E-state index contributed by atoms with van der Waals surface area (Å²) in [6.07, 6.45) is 9.21. The van der Waals surface area contributed by atoms with Crippen LogP contribution in [-0.2, 0) is 57.3 Å². The predicted octanol–water partition coefficient (Wildman–Crippen LogP) is 8.46. The molecule has 0 amide bonds. The van der Waals surface area contributed by atoms with Crippen molar-refractivity contribution in [1.82, 2.24) is 59.5 Å². The Morgan fingerprint density at radius 3 is 1.56 bits per heavy atom. The van der Waals surface area contributed by atoms with Gasteiger partial charge in [0.05, 0.1) is 41.6 Å². The molecule has 0 saturated carbocycles. The first-order valence-corrected chi connectivity index (χ1v) is 28.2.